The monoisotopic (exact) mass is 581 g/mol. The molecule has 2 aliphatic carbocycles. The van der Waals surface area contributed by atoms with Crippen LogP contribution in [0.1, 0.15) is 51.7 Å². The molecule has 1 aromatic heterocycles. The van der Waals surface area contributed by atoms with E-state index in [1.807, 2.05) is 30.3 Å². The predicted octanol–water partition coefficient (Wildman–Crippen LogP) is 4.01. The van der Waals surface area contributed by atoms with Crippen LogP contribution in [0.15, 0.2) is 79.4 Å². The molecular weight excluding hydrogens is 550 g/mol. The van der Waals surface area contributed by atoms with Crippen LogP contribution in [0, 0.1) is 0 Å². The molecule has 2 aliphatic rings. The second-order valence-corrected chi connectivity index (χ2v) is 11.7. The molecule has 214 valence electrons. The Morgan fingerprint density at radius 1 is 0.976 bits per heavy atom. The van der Waals surface area contributed by atoms with Crippen LogP contribution in [0.3, 0.4) is 0 Å². The number of rotatable bonds is 7. The zero-order valence-corrected chi connectivity index (χ0v) is 23.6. The van der Waals surface area contributed by atoms with Crippen molar-refractivity contribution in [3.8, 4) is 11.5 Å². The quantitative estimate of drug-likeness (QED) is 0.163. The fourth-order valence-electron chi connectivity index (χ4n) is 6.04. The smallest absolute Gasteiger partial charge is 0.262 e. The number of hydrogen-bond donors (Lipinski definition) is 5. The van der Waals surface area contributed by atoms with Crippen molar-refractivity contribution in [3.63, 3.8) is 0 Å². The third-order valence-electron chi connectivity index (χ3n) is 8.15. The first-order valence-electron chi connectivity index (χ1n) is 13.7. The normalized spacial score (nSPS) is 23.0. The van der Waals surface area contributed by atoms with Gasteiger partial charge in [-0.3, -0.25) is 14.4 Å². The van der Waals surface area contributed by atoms with Gasteiger partial charge in [-0.05, 0) is 66.8 Å². The maximum Gasteiger partial charge on any atom is 0.262 e. The Bertz CT molecular complexity index is 1720. The van der Waals surface area contributed by atoms with Crippen molar-refractivity contribution in [2.75, 3.05) is 5.73 Å². The van der Waals surface area contributed by atoms with Gasteiger partial charge >= 0.3 is 0 Å². The average molecular weight is 582 g/mol. The van der Waals surface area contributed by atoms with Crippen LogP contribution in [-0.2, 0) is 15.1 Å². The SMILES string of the molecule is C=CC(=O)N[C@@H]1CCC[C@@H]1NC(=O)c1sc2c(N)ccc3c2c1C(N)C(=O)C3(N)c1ccc(Oc2ccccc2)cc1. The third kappa shape index (κ3) is 4.53. The van der Waals surface area contributed by atoms with E-state index >= 15 is 0 Å². The number of anilines is 1. The maximum atomic E-state index is 14.0. The molecular formula is C32H31N5O4S. The molecule has 0 radical (unpaired) electrons. The van der Waals surface area contributed by atoms with E-state index in [0.29, 0.717) is 55.3 Å². The summed E-state index contributed by atoms with van der Waals surface area (Å²) in [5.41, 5.74) is 20.4. The molecule has 4 aromatic rings. The first-order valence-corrected chi connectivity index (χ1v) is 14.6. The fraction of sp³-hybridized carbons (Fsp3) is 0.219. The zero-order chi connectivity index (χ0) is 29.6. The number of para-hydroxylation sites is 1. The molecule has 1 heterocycles. The molecule has 42 heavy (non-hydrogen) atoms. The van der Waals surface area contributed by atoms with Crippen molar-refractivity contribution in [2.24, 2.45) is 11.5 Å². The maximum absolute atomic E-state index is 14.0. The summed E-state index contributed by atoms with van der Waals surface area (Å²) in [6.45, 7) is 3.50. The molecule has 1 fully saturated rings. The number of nitrogens with two attached hydrogens (primary N) is 3. The third-order valence-corrected chi connectivity index (χ3v) is 9.41. The molecule has 0 saturated heterocycles. The van der Waals surface area contributed by atoms with E-state index in [9.17, 15) is 14.4 Å². The Kier molecular flexibility index (Phi) is 7.05. The summed E-state index contributed by atoms with van der Waals surface area (Å²) in [6, 6.07) is 18.2. The number of ether oxygens (including phenoxy) is 1. The standard InChI is InChI=1S/C32H31N5O4S/c1-2-24(38)36-22-9-6-10-23(22)37-31(40)29-26-25-20(15-16-21(33)28(25)42-29)32(35,30(39)27(26)34)17-11-13-19(14-12-17)41-18-7-4-3-5-8-18/h2-5,7-8,11-16,22-23,27H,1,6,9-10,33-35H2,(H,36,38)(H,37,40)/t22-,23+,27?,32?/m1/s1. The largest absolute Gasteiger partial charge is 0.457 e. The van der Waals surface area contributed by atoms with Gasteiger partial charge in [-0.15, -0.1) is 11.3 Å². The number of amides is 2. The number of ketones is 1. The van der Waals surface area contributed by atoms with Gasteiger partial charge < -0.3 is 32.6 Å². The molecule has 6 rings (SSSR count). The van der Waals surface area contributed by atoms with Crippen molar-refractivity contribution < 1.29 is 19.1 Å². The van der Waals surface area contributed by atoms with Crippen molar-refractivity contribution >= 4 is 44.7 Å². The number of nitrogens with one attached hydrogen (secondary N) is 2. The van der Waals surface area contributed by atoms with Crippen molar-refractivity contribution in [1.82, 2.24) is 10.6 Å². The fourth-order valence-corrected chi connectivity index (χ4v) is 7.24. The number of hydrogen-bond acceptors (Lipinski definition) is 8. The Morgan fingerprint density at radius 3 is 2.33 bits per heavy atom. The van der Waals surface area contributed by atoms with Gasteiger partial charge in [0.05, 0.1) is 15.6 Å². The van der Waals surface area contributed by atoms with Crippen LogP contribution in [0.2, 0.25) is 0 Å². The Balaban J connectivity index is 1.37. The first kappa shape index (κ1) is 27.6. The summed E-state index contributed by atoms with van der Waals surface area (Å²) in [6.07, 6.45) is 3.52. The highest BCUT2D eigenvalue weighted by Gasteiger charge is 2.49. The van der Waals surface area contributed by atoms with Crippen LogP contribution in [0.25, 0.3) is 10.1 Å². The van der Waals surface area contributed by atoms with Crippen LogP contribution >= 0.6 is 11.3 Å². The molecule has 0 spiro atoms. The number of carbonyl (C=O) groups excluding carboxylic acids is 3. The summed E-state index contributed by atoms with van der Waals surface area (Å²) in [5.74, 6) is 0.193. The van der Waals surface area contributed by atoms with Crippen LogP contribution < -0.4 is 32.6 Å². The van der Waals surface area contributed by atoms with E-state index < -0.39 is 17.4 Å². The first-order chi connectivity index (χ1) is 20.2. The van der Waals surface area contributed by atoms with Gasteiger partial charge in [0.2, 0.25) is 5.91 Å². The number of Topliss-reactive ketones (excluding diaryl/α,β-unsaturated/α-hetero) is 1. The lowest BCUT2D eigenvalue weighted by molar-refractivity contribution is -0.124. The van der Waals surface area contributed by atoms with Gasteiger partial charge in [-0.25, -0.2) is 0 Å². The average Bonchev–Trinajstić information content (AvgIpc) is 3.61. The molecule has 9 nitrogen and oxygen atoms in total. The molecule has 8 N–H and O–H groups in total. The summed E-state index contributed by atoms with van der Waals surface area (Å²) in [4.78, 5) is 39.9. The van der Waals surface area contributed by atoms with E-state index in [1.165, 1.54) is 17.4 Å². The molecule has 0 bridgehead atoms. The molecule has 4 atom stereocenters. The van der Waals surface area contributed by atoms with Crippen molar-refractivity contribution in [1.29, 1.82) is 0 Å². The van der Waals surface area contributed by atoms with E-state index in [2.05, 4.69) is 17.2 Å². The second kappa shape index (κ2) is 10.7. The van der Waals surface area contributed by atoms with Gasteiger partial charge in [0.25, 0.3) is 5.91 Å². The van der Waals surface area contributed by atoms with Crippen molar-refractivity contribution in [3.05, 3.63) is 101 Å². The van der Waals surface area contributed by atoms with Gasteiger partial charge in [-0.1, -0.05) is 43.0 Å². The number of nitrogen functional groups attached to an aromatic ring is 1. The highest BCUT2D eigenvalue weighted by atomic mass is 32.1. The lowest BCUT2D eigenvalue weighted by atomic mass is 9.70. The molecule has 2 unspecified atom stereocenters. The summed E-state index contributed by atoms with van der Waals surface area (Å²) < 4.78 is 6.56. The Morgan fingerprint density at radius 2 is 1.64 bits per heavy atom. The van der Waals surface area contributed by atoms with Gasteiger partial charge in [0.1, 0.15) is 17.0 Å². The summed E-state index contributed by atoms with van der Waals surface area (Å²) in [5, 5.41) is 6.58. The minimum Gasteiger partial charge on any atom is -0.457 e. The van der Waals surface area contributed by atoms with Gasteiger partial charge in [-0.2, -0.15) is 0 Å². The summed E-state index contributed by atoms with van der Waals surface area (Å²) >= 11 is 1.20. The summed E-state index contributed by atoms with van der Waals surface area (Å²) in [7, 11) is 0. The minimum absolute atomic E-state index is 0.216. The van der Waals surface area contributed by atoms with E-state index in [4.69, 9.17) is 21.9 Å². The van der Waals surface area contributed by atoms with E-state index in [-0.39, 0.29) is 23.9 Å². The van der Waals surface area contributed by atoms with Crippen LogP contribution in [0.4, 0.5) is 5.69 Å². The highest BCUT2D eigenvalue weighted by molar-refractivity contribution is 7.21. The van der Waals surface area contributed by atoms with Crippen molar-refractivity contribution in [2.45, 2.75) is 42.9 Å². The lowest BCUT2D eigenvalue weighted by Gasteiger charge is -2.36. The van der Waals surface area contributed by atoms with Crippen LogP contribution in [0.5, 0.6) is 11.5 Å². The van der Waals surface area contributed by atoms with Gasteiger partial charge in [0, 0.05) is 28.7 Å². The minimum atomic E-state index is -1.57. The molecule has 10 heteroatoms. The second-order valence-electron chi connectivity index (χ2n) is 10.7. The molecule has 0 aliphatic heterocycles. The molecule has 1 saturated carbocycles. The predicted molar refractivity (Wildman–Crippen MR) is 163 cm³/mol. The molecule has 2 amide bonds. The highest BCUT2D eigenvalue weighted by Crippen LogP contribution is 2.49. The van der Waals surface area contributed by atoms with Crippen LogP contribution in [-0.4, -0.2) is 29.7 Å². The number of benzene rings is 3. The number of carbonyl (C=O) groups is 3. The number of thiophene rings is 1. The Hall–Kier alpha value is -4.51. The van der Waals surface area contributed by atoms with E-state index in [0.717, 1.165) is 12.8 Å². The topological polar surface area (TPSA) is 163 Å². The Labute approximate surface area is 246 Å². The molecule has 3 aromatic carbocycles. The lowest BCUT2D eigenvalue weighted by Crippen LogP contribution is -2.52. The van der Waals surface area contributed by atoms with Gasteiger partial charge in [0.15, 0.2) is 5.78 Å². The zero-order valence-electron chi connectivity index (χ0n) is 22.8. The van der Waals surface area contributed by atoms with E-state index in [1.54, 1.807) is 36.4 Å².